The van der Waals surface area contributed by atoms with Gasteiger partial charge >= 0.3 is 5.97 Å². The number of methoxy groups -OCH3 is 2. The van der Waals surface area contributed by atoms with Crippen LogP contribution in [0.3, 0.4) is 0 Å². The van der Waals surface area contributed by atoms with Gasteiger partial charge in [0, 0.05) is 33.4 Å². The molecule has 0 radical (unpaired) electrons. The molecule has 1 aromatic carbocycles. The van der Waals surface area contributed by atoms with E-state index >= 15 is 0 Å². The van der Waals surface area contributed by atoms with Crippen molar-refractivity contribution in [2.45, 2.75) is 0 Å². The lowest BCUT2D eigenvalue weighted by Crippen LogP contribution is -2.33. The fourth-order valence-corrected chi connectivity index (χ4v) is 3.05. The monoisotopic (exact) mass is 427 g/mol. The van der Waals surface area contributed by atoms with Gasteiger partial charge in [-0.1, -0.05) is 6.58 Å². The number of rotatable bonds is 10. The Balaban J connectivity index is 1.92. The average molecular weight is 427 g/mol. The molecule has 2 heterocycles. The van der Waals surface area contributed by atoms with Gasteiger partial charge in [-0.25, -0.2) is 9.48 Å². The number of aromatic nitrogens is 2. The maximum atomic E-state index is 12.9. The summed E-state index contributed by atoms with van der Waals surface area (Å²) in [6, 6.07) is 9.59. The summed E-state index contributed by atoms with van der Waals surface area (Å²) < 4.78 is 17.5. The van der Waals surface area contributed by atoms with Crippen molar-refractivity contribution in [3.05, 3.63) is 68.6 Å². The van der Waals surface area contributed by atoms with Gasteiger partial charge in [0.05, 0.1) is 35.0 Å². The number of aromatic amines is 1. The van der Waals surface area contributed by atoms with Crippen LogP contribution in [-0.2, 0) is 9.47 Å². The summed E-state index contributed by atoms with van der Waals surface area (Å²) in [6.07, 6.45) is 1.62. The number of aromatic carboxylic acids is 1. The first-order valence-electron chi connectivity index (χ1n) is 9.62. The van der Waals surface area contributed by atoms with E-state index in [4.69, 9.17) is 19.0 Å². The SMILES string of the molecule is C=c1[nH]n(-c2ccc(C(=O)O)cc2)c(=O)c1=Cc1ccc(N(CCOC)CCOC)o1. The van der Waals surface area contributed by atoms with Crippen LogP contribution in [0, 0.1) is 0 Å². The van der Waals surface area contributed by atoms with Crippen molar-refractivity contribution in [1.82, 2.24) is 9.78 Å². The third-order valence-corrected chi connectivity index (χ3v) is 4.72. The van der Waals surface area contributed by atoms with Crippen LogP contribution in [0.4, 0.5) is 5.88 Å². The first kappa shape index (κ1) is 22.1. The summed E-state index contributed by atoms with van der Waals surface area (Å²) >= 11 is 0. The third kappa shape index (κ3) is 5.14. The van der Waals surface area contributed by atoms with Crippen molar-refractivity contribution in [1.29, 1.82) is 0 Å². The Kier molecular flexibility index (Phi) is 7.11. The van der Waals surface area contributed by atoms with Gasteiger partial charge < -0.3 is 23.9 Å². The number of furan rings is 1. The largest absolute Gasteiger partial charge is 0.478 e. The molecule has 2 aromatic heterocycles. The van der Waals surface area contributed by atoms with E-state index in [9.17, 15) is 9.59 Å². The Morgan fingerprint density at radius 1 is 1.16 bits per heavy atom. The number of carboxylic acid groups (broad SMARTS) is 1. The molecular formula is C22H25N3O6. The summed E-state index contributed by atoms with van der Waals surface area (Å²) in [5, 5.41) is 12.7. The summed E-state index contributed by atoms with van der Waals surface area (Å²) in [4.78, 5) is 25.9. The van der Waals surface area contributed by atoms with Crippen molar-refractivity contribution >= 4 is 24.5 Å². The van der Waals surface area contributed by atoms with E-state index in [0.29, 0.717) is 54.2 Å². The molecule has 0 amide bonds. The van der Waals surface area contributed by atoms with Crippen molar-refractivity contribution in [3.63, 3.8) is 0 Å². The Bertz CT molecular complexity index is 1180. The number of hydrogen-bond donors (Lipinski definition) is 2. The summed E-state index contributed by atoms with van der Waals surface area (Å²) in [5.74, 6) is 0.117. The van der Waals surface area contributed by atoms with Gasteiger partial charge in [0.15, 0.2) is 5.88 Å². The second-order valence-corrected chi connectivity index (χ2v) is 6.79. The van der Waals surface area contributed by atoms with Crippen molar-refractivity contribution in [3.8, 4) is 5.69 Å². The highest BCUT2D eigenvalue weighted by atomic mass is 16.5. The molecule has 0 atom stereocenters. The van der Waals surface area contributed by atoms with Crippen LogP contribution in [0.5, 0.6) is 0 Å². The van der Waals surface area contributed by atoms with Crippen LogP contribution in [0.25, 0.3) is 18.3 Å². The number of carboxylic acids is 1. The smallest absolute Gasteiger partial charge is 0.335 e. The first-order valence-corrected chi connectivity index (χ1v) is 9.62. The van der Waals surface area contributed by atoms with E-state index in [0.717, 1.165) is 0 Å². The third-order valence-electron chi connectivity index (χ3n) is 4.72. The normalized spacial score (nSPS) is 11.7. The number of carbonyl (C=O) groups is 1. The molecule has 0 unspecified atom stereocenters. The van der Waals surface area contributed by atoms with E-state index in [2.05, 4.69) is 11.7 Å². The van der Waals surface area contributed by atoms with Crippen molar-refractivity contribution in [2.75, 3.05) is 45.4 Å². The van der Waals surface area contributed by atoms with Crippen molar-refractivity contribution in [2.24, 2.45) is 0 Å². The molecule has 0 aliphatic heterocycles. The fourth-order valence-electron chi connectivity index (χ4n) is 3.05. The molecule has 0 aliphatic rings. The zero-order valence-corrected chi connectivity index (χ0v) is 17.5. The zero-order valence-electron chi connectivity index (χ0n) is 17.5. The molecule has 2 N–H and O–H groups in total. The first-order chi connectivity index (χ1) is 14.9. The molecule has 0 saturated heterocycles. The van der Waals surface area contributed by atoms with Gasteiger partial charge in [-0.3, -0.25) is 9.89 Å². The van der Waals surface area contributed by atoms with Crippen LogP contribution in [-0.4, -0.2) is 61.4 Å². The summed E-state index contributed by atoms with van der Waals surface area (Å²) in [6.45, 7) is 6.25. The van der Waals surface area contributed by atoms with Crippen LogP contribution in [0.1, 0.15) is 16.1 Å². The Morgan fingerprint density at radius 2 is 1.81 bits per heavy atom. The van der Waals surface area contributed by atoms with E-state index in [-0.39, 0.29) is 11.1 Å². The Morgan fingerprint density at radius 3 is 2.39 bits per heavy atom. The predicted octanol–water partition coefficient (Wildman–Crippen LogP) is 0.795. The average Bonchev–Trinajstić information content (AvgIpc) is 3.34. The highest BCUT2D eigenvalue weighted by molar-refractivity contribution is 5.87. The van der Waals surface area contributed by atoms with E-state index in [1.165, 1.54) is 16.8 Å². The number of hydrogen-bond acceptors (Lipinski definition) is 6. The predicted molar refractivity (Wildman–Crippen MR) is 116 cm³/mol. The summed E-state index contributed by atoms with van der Waals surface area (Å²) in [5.41, 5.74) is 0.325. The lowest BCUT2D eigenvalue weighted by atomic mass is 10.2. The molecule has 9 heteroatoms. The van der Waals surface area contributed by atoms with Gasteiger partial charge in [0.2, 0.25) is 0 Å². The zero-order chi connectivity index (χ0) is 22.4. The lowest BCUT2D eigenvalue weighted by molar-refractivity contribution is 0.0697. The van der Waals surface area contributed by atoms with Gasteiger partial charge in [-0.15, -0.1) is 0 Å². The Hall–Kier alpha value is -3.56. The second kappa shape index (κ2) is 9.96. The number of nitrogens with one attached hydrogen (secondary N) is 1. The van der Waals surface area contributed by atoms with E-state index in [1.54, 1.807) is 38.5 Å². The Labute approximate surface area is 178 Å². The minimum atomic E-state index is -1.03. The maximum Gasteiger partial charge on any atom is 0.335 e. The number of benzene rings is 1. The van der Waals surface area contributed by atoms with Crippen LogP contribution < -0.4 is 21.0 Å². The van der Waals surface area contributed by atoms with Crippen LogP contribution in [0.15, 0.2) is 45.6 Å². The standard InChI is InChI=1S/C22H25N3O6/c1-15-19(21(26)25(23-15)17-6-4-16(5-7-17)22(27)28)14-18-8-9-20(31-18)24(10-12-29-2)11-13-30-3/h4-9,14,23H,1,10-13H2,2-3H3,(H,27,28). The highest BCUT2D eigenvalue weighted by Crippen LogP contribution is 2.18. The molecule has 3 aromatic rings. The van der Waals surface area contributed by atoms with E-state index in [1.807, 2.05) is 11.0 Å². The molecule has 0 spiro atoms. The highest BCUT2D eigenvalue weighted by Gasteiger charge is 2.12. The molecular weight excluding hydrogens is 402 g/mol. The van der Waals surface area contributed by atoms with Gasteiger partial charge in [-0.05, 0) is 36.4 Å². The second-order valence-electron chi connectivity index (χ2n) is 6.79. The number of nitrogens with zero attached hydrogens (tertiary/aromatic N) is 2. The molecule has 31 heavy (non-hydrogen) atoms. The van der Waals surface area contributed by atoms with Crippen molar-refractivity contribution < 1.29 is 23.8 Å². The fraction of sp³-hybridized carbons (Fsp3) is 0.273. The number of anilines is 1. The minimum Gasteiger partial charge on any atom is -0.478 e. The lowest BCUT2D eigenvalue weighted by Gasteiger charge is -2.20. The summed E-state index contributed by atoms with van der Waals surface area (Å²) in [7, 11) is 3.27. The molecule has 164 valence electrons. The number of ether oxygens (including phenoxy) is 2. The van der Waals surface area contributed by atoms with E-state index < -0.39 is 5.97 Å². The van der Waals surface area contributed by atoms with Gasteiger partial charge in [-0.2, -0.15) is 0 Å². The molecule has 0 fully saturated rings. The number of H-pyrrole nitrogens is 1. The van der Waals surface area contributed by atoms with Crippen LogP contribution >= 0.6 is 0 Å². The molecule has 3 rings (SSSR count). The minimum absolute atomic E-state index is 0.139. The molecule has 0 bridgehead atoms. The molecule has 0 aliphatic carbocycles. The van der Waals surface area contributed by atoms with Gasteiger partial charge in [0.1, 0.15) is 5.76 Å². The molecule has 0 saturated carbocycles. The maximum absolute atomic E-state index is 12.9. The molecule has 9 nitrogen and oxygen atoms in total. The topological polar surface area (TPSA) is 110 Å². The van der Waals surface area contributed by atoms with Crippen LogP contribution in [0.2, 0.25) is 0 Å². The van der Waals surface area contributed by atoms with Gasteiger partial charge in [0.25, 0.3) is 5.56 Å². The quantitative estimate of drug-likeness (QED) is 0.492.